The van der Waals surface area contributed by atoms with Crippen LogP contribution in [-0.4, -0.2) is 57.8 Å². The highest BCUT2D eigenvalue weighted by Crippen LogP contribution is 2.48. The van der Waals surface area contributed by atoms with E-state index < -0.39 is 44.4 Å². The van der Waals surface area contributed by atoms with Crippen LogP contribution in [0.5, 0.6) is 5.75 Å². The average molecular weight is 486 g/mol. The zero-order valence-electron chi connectivity index (χ0n) is 18.1. The van der Waals surface area contributed by atoms with Crippen LogP contribution in [0.1, 0.15) is 19.5 Å². The van der Waals surface area contributed by atoms with Crippen molar-refractivity contribution < 1.29 is 37.8 Å². The lowest BCUT2D eigenvalue weighted by Gasteiger charge is -2.33. The number of cyclic esters (lactones) is 1. The van der Waals surface area contributed by atoms with Gasteiger partial charge >= 0.3 is 19.8 Å². The molecule has 3 atom stereocenters. The first-order chi connectivity index (χ1) is 16.1. The molecule has 3 unspecified atom stereocenters. The molecule has 34 heavy (non-hydrogen) atoms. The Morgan fingerprint density at radius 3 is 2.68 bits per heavy atom. The van der Waals surface area contributed by atoms with Gasteiger partial charge in [-0.15, -0.1) is 0 Å². The third-order valence-corrected chi connectivity index (χ3v) is 6.87. The van der Waals surface area contributed by atoms with Gasteiger partial charge in [0.25, 0.3) is 0 Å². The van der Waals surface area contributed by atoms with E-state index in [-0.39, 0.29) is 12.3 Å². The van der Waals surface area contributed by atoms with Gasteiger partial charge in [-0.1, -0.05) is 6.07 Å². The van der Waals surface area contributed by atoms with E-state index in [1.54, 1.807) is 36.5 Å². The summed E-state index contributed by atoms with van der Waals surface area (Å²) in [5, 5.41) is 8.90. The third-order valence-electron chi connectivity index (χ3n) is 5.32. The maximum absolute atomic E-state index is 12.7. The summed E-state index contributed by atoms with van der Waals surface area (Å²) in [7, 11) is -4.79. The Morgan fingerprint density at radius 1 is 1.32 bits per heavy atom. The number of carbonyl (C=O) groups is 3. The van der Waals surface area contributed by atoms with Gasteiger partial charge in [-0.25, -0.2) is 19.0 Å². The Kier molecular flexibility index (Phi) is 6.00. The first kappa shape index (κ1) is 23.2. The minimum Gasteiger partial charge on any atom is -0.489 e. The van der Waals surface area contributed by atoms with E-state index in [9.17, 15) is 23.8 Å². The fourth-order valence-corrected chi connectivity index (χ4v) is 4.95. The summed E-state index contributed by atoms with van der Waals surface area (Å²) in [6.45, 7) is 1.49. The van der Waals surface area contributed by atoms with Gasteiger partial charge in [0, 0.05) is 25.6 Å². The summed E-state index contributed by atoms with van der Waals surface area (Å²) in [5.74, 6) is -1.46. The molecule has 1 N–H and O–H groups in total. The molecule has 2 aliphatic rings. The molecule has 1 saturated heterocycles. The summed E-state index contributed by atoms with van der Waals surface area (Å²) in [5.41, 5.74) is 2.21. The summed E-state index contributed by atoms with van der Waals surface area (Å²) in [6.07, 6.45) is -0.169. The fourth-order valence-electron chi connectivity index (χ4n) is 3.80. The standard InChI is InChI=1S/C21H19N4O8P/c1-12(26)24(34(29,30)33-13(2)27)10-20-18-11-31-19-7-14(15-3-5-16(8-22)23-9-15)4-6-17(19)25(18)21(28)32-20/h3-7,9,18,20H,10-11H2,1-2H3,(H,29,30). The van der Waals surface area contributed by atoms with Crippen LogP contribution in [0, 0.1) is 11.3 Å². The van der Waals surface area contributed by atoms with Gasteiger partial charge < -0.3 is 14.0 Å². The van der Waals surface area contributed by atoms with Gasteiger partial charge in [-0.3, -0.25) is 19.4 Å². The highest BCUT2D eigenvalue weighted by Gasteiger charge is 2.49. The van der Waals surface area contributed by atoms with Crippen LogP contribution in [0.25, 0.3) is 11.1 Å². The second kappa shape index (κ2) is 8.78. The first-order valence-corrected chi connectivity index (χ1v) is 11.6. The van der Waals surface area contributed by atoms with Crippen molar-refractivity contribution >= 4 is 31.4 Å². The number of aromatic nitrogens is 1. The van der Waals surface area contributed by atoms with E-state index in [2.05, 4.69) is 9.51 Å². The molecule has 0 bridgehead atoms. The molecule has 1 aromatic carbocycles. The van der Waals surface area contributed by atoms with Gasteiger partial charge in [0.05, 0.1) is 12.2 Å². The van der Waals surface area contributed by atoms with Crippen LogP contribution in [0.15, 0.2) is 36.5 Å². The highest BCUT2D eigenvalue weighted by atomic mass is 31.2. The predicted molar refractivity (Wildman–Crippen MR) is 115 cm³/mol. The molecule has 0 aliphatic carbocycles. The molecule has 13 heteroatoms. The lowest BCUT2D eigenvalue weighted by atomic mass is 10.0. The minimum absolute atomic E-state index is 0.00643. The van der Waals surface area contributed by atoms with Crippen molar-refractivity contribution in [3.8, 4) is 22.9 Å². The summed E-state index contributed by atoms with van der Waals surface area (Å²) >= 11 is 0. The molecule has 2 aliphatic heterocycles. The maximum Gasteiger partial charge on any atom is 0.490 e. The molecule has 2 aromatic rings. The number of pyridine rings is 1. The largest absolute Gasteiger partial charge is 0.490 e. The van der Waals surface area contributed by atoms with Crippen molar-refractivity contribution in [1.82, 2.24) is 9.65 Å². The van der Waals surface area contributed by atoms with Crippen LogP contribution in [0.2, 0.25) is 0 Å². The lowest BCUT2D eigenvalue weighted by Crippen LogP contribution is -2.48. The topological polar surface area (TPSA) is 159 Å². The Balaban J connectivity index is 1.58. The number of carbonyl (C=O) groups excluding carboxylic acids is 3. The monoisotopic (exact) mass is 486 g/mol. The number of fused-ring (bicyclic) bond motifs is 3. The van der Waals surface area contributed by atoms with Crippen LogP contribution >= 0.6 is 7.75 Å². The fraction of sp³-hybridized carbons (Fsp3) is 0.286. The van der Waals surface area contributed by atoms with Crippen LogP contribution in [-0.2, 0) is 23.4 Å². The van der Waals surface area contributed by atoms with E-state index in [0.29, 0.717) is 16.1 Å². The van der Waals surface area contributed by atoms with Crippen molar-refractivity contribution in [3.05, 3.63) is 42.2 Å². The van der Waals surface area contributed by atoms with Crippen molar-refractivity contribution in [2.45, 2.75) is 26.0 Å². The average Bonchev–Trinajstić information content (AvgIpc) is 3.11. The highest BCUT2D eigenvalue weighted by molar-refractivity contribution is 7.51. The molecule has 176 valence electrons. The number of rotatable bonds is 5. The van der Waals surface area contributed by atoms with Crippen LogP contribution in [0.3, 0.4) is 0 Å². The zero-order chi connectivity index (χ0) is 24.6. The molecule has 0 radical (unpaired) electrons. The third kappa shape index (κ3) is 4.31. The first-order valence-electron chi connectivity index (χ1n) is 10.1. The lowest BCUT2D eigenvalue weighted by molar-refractivity contribution is -0.134. The Hall–Kier alpha value is -3.94. The molecule has 12 nitrogen and oxygen atoms in total. The Labute approximate surface area is 193 Å². The van der Waals surface area contributed by atoms with Crippen molar-refractivity contribution in [3.63, 3.8) is 0 Å². The number of hydrogen-bond donors (Lipinski definition) is 1. The van der Waals surface area contributed by atoms with Gasteiger partial charge in [0.1, 0.15) is 36.3 Å². The van der Waals surface area contributed by atoms with Gasteiger partial charge in [-0.2, -0.15) is 5.26 Å². The normalized spacial score (nSPS) is 20.1. The summed E-state index contributed by atoms with van der Waals surface area (Å²) in [4.78, 5) is 51.3. The molecule has 1 fully saturated rings. The van der Waals surface area contributed by atoms with Gasteiger partial charge in [-0.05, 0) is 29.8 Å². The molecule has 2 amide bonds. The number of anilines is 1. The second-order valence-electron chi connectivity index (χ2n) is 7.57. The number of nitriles is 1. The molecular weight excluding hydrogens is 467 g/mol. The van der Waals surface area contributed by atoms with E-state index in [1.165, 1.54) is 4.90 Å². The predicted octanol–water partition coefficient (Wildman–Crippen LogP) is 2.22. The zero-order valence-corrected chi connectivity index (χ0v) is 19.0. The Morgan fingerprint density at radius 2 is 2.06 bits per heavy atom. The SMILES string of the molecule is CC(=O)OP(=O)(O)N(CC1OC(=O)N2c3ccc(-c4ccc(C#N)nc4)cc3OCC12)C(C)=O. The van der Waals surface area contributed by atoms with Gasteiger partial charge in [0.15, 0.2) is 0 Å². The molecular formula is C21H19N4O8P. The number of ether oxygens (including phenoxy) is 2. The number of amides is 2. The minimum atomic E-state index is -4.79. The van der Waals surface area contributed by atoms with E-state index in [4.69, 9.17) is 14.7 Å². The summed E-state index contributed by atoms with van der Waals surface area (Å²) < 4.78 is 28.6. The van der Waals surface area contributed by atoms with Crippen molar-refractivity contribution in [2.24, 2.45) is 0 Å². The second-order valence-corrected chi connectivity index (χ2v) is 9.22. The number of nitrogens with zero attached hydrogens (tertiary/aromatic N) is 4. The molecule has 0 spiro atoms. The number of hydrogen-bond acceptors (Lipinski definition) is 9. The van der Waals surface area contributed by atoms with Crippen LogP contribution in [0.4, 0.5) is 10.5 Å². The molecule has 0 saturated carbocycles. The number of benzene rings is 1. The van der Waals surface area contributed by atoms with E-state index in [1.807, 2.05) is 6.07 Å². The van der Waals surface area contributed by atoms with E-state index in [0.717, 1.165) is 25.0 Å². The smallest absolute Gasteiger partial charge is 0.489 e. The molecule has 4 rings (SSSR count). The Bertz CT molecular complexity index is 1260. The van der Waals surface area contributed by atoms with Crippen molar-refractivity contribution in [1.29, 1.82) is 5.26 Å². The van der Waals surface area contributed by atoms with E-state index >= 15 is 0 Å². The molecule has 1 aromatic heterocycles. The van der Waals surface area contributed by atoms with Crippen LogP contribution < -0.4 is 9.64 Å². The van der Waals surface area contributed by atoms with Gasteiger partial charge in [0.2, 0.25) is 5.91 Å². The molecule has 3 heterocycles. The summed E-state index contributed by atoms with van der Waals surface area (Å²) in [6, 6.07) is 9.72. The maximum atomic E-state index is 12.7. The quantitative estimate of drug-likeness (QED) is 0.621. The van der Waals surface area contributed by atoms with Crippen molar-refractivity contribution in [2.75, 3.05) is 18.1 Å².